The van der Waals surface area contributed by atoms with Gasteiger partial charge in [0.2, 0.25) is 0 Å². The minimum atomic E-state index is -3.51. The molecule has 2 N–H and O–H groups in total. The Morgan fingerprint density at radius 3 is 2.58 bits per heavy atom. The summed E-state index contributed by atoms with van der Waals surface area (Å²) < 4.78 is 25.5. The van der Waals surface area contributed by atoms with Crippen molar-refractivity contribution in [1.29, 1.82) is 0 Å². The number of hydrogen-bond donors (Lipinski definition) is 1. The molecule has 0 aliphatic carbocycles. The number of benzene rings is 2. The zero-order valence-electron chi connectivity index (χ0n) is 9.81. The normalized spacial score (nSPS) is 11.5. The first-order chi connectivity index (χ1) is 8.88. The summed E-state index contributed by atoms with van der Waals surface area (Å²) in [7, 11) is -3.51. The molecule has 2 rings (SSSR count). The first-order valence-electron chi connectivity index (χ1n) is 5.41. The molecule has 0 bridgehead atoms. The number of sulfone groups is 1. The van der Waals surface area contributed by atoms with Crippen LogP contribution in [0.25, 0.3) is 0 Å². The van der Waals surface area contributed by atoms with Crippen LogP contribution in [0, 0.1) is 0 Å². The van der Waals surface area contributed by atoms with Crippen molar-refractivity contribution in [2.24, 2.45) is 0 Å². The summed E-state index contributed by atoms with van der Waals surface area (Å²) in [4.78, 5) is 0.0694. The molecule has 19 heavy (non-hydrogen) atoms. The van der Waals surface area contributed by atoms with Crippen molar-refractivity contribution in [1.82, 2.24) is 0 Å². The Bertz CT molecular complexity index is 716. The molecule has 3 nitrogen and oxygen atoms in total. The molecule has 0 radical (unpaired) electrons. The summed E-state index contributed by atoms with van der Waals surface area (Å²) in [5.41, 5.74) is 6.61. The Morgan fingerprint density at radius 1 is 1.16 bits per heavy atom. The van der Waals surface area contributed by atoms with Crippen LogP contribution in [0.4, 0.5) is 5.69 Å². The van der Waals surface area contributed by atoms with E-state index in [-0.39, 0.29) is 16.3 Å². The summed E-state index contributed by atoms with van der Waals surface area (Å²) in [6.07, 6.45) is 0. The van der Waals surface area contributed by atoms with Crippen molar-refractivity contribution < 1.29 is 8.42 Å². The standard InChI is InChI=1S/C13H11BrClNO2S/c14-10-3-1-2-9(6-10)8-19(17,18)13-7-11(15)4-5-12(13)16/h1-7H,8,16H2. The van der Waals surface area contributed by atoms with E-state index in [1.807, 2.05) is 6.07 Å². The largest absolute Gasteiger partial charge is 0.398 e. The molecule has 0 amide bonds. The van der Waals surface area contributed by atoms with Gasteiger partial charge >= 0.3 is 0 Å². The summed E-state index contributed by atoms with van der Waals surface area (Å²) in [5.74, 6) is -0.114. The van der Waals surface area contributed by atoms with Crippen molar-refractivity contribution in [3.05, 3.63) is 57.5 Å². The number of nitrogen functional groups attached to an aromatic ring is 1. The third-order valence-corrected chi connectivity index (χ3v) is 5.02. The van der Waals surface area contributed by atoms with E-state index >= 15 is 0 Å². The van der Waals surface area contributed by atoms with Crippen molar-refractivity contribution in [3.63, 3.8) is 0 Å². The zero-order valence-corrected chi connectivity index (χ0v) is 13.0. The first kappa shape index (κ1) is 14.4. The fourth-order valence-electron chi connectivity index (χ4n) is 1.70. The molecule has 0 spiro atoms. The van der Waals surface area contributed by atoms with Crippen LogP contribution in [-0.2, 0) is 15.6 Å². The Hall–Kier alpha value is -1.04. The summed E-state index contributed by atoms with van der Waals surface area (Å²) >= 11 is 9.13. The van der Waals surface area contributed by atoms with Crippen molar-refractivity contribution >= 4 is 43.1 Å². The number of halogens is 2. The molecule has 0 aliphatic rings. The van der Waals surface area contributed by atoms with Gasteiger partial charge in [0.25, 0.3) is 0 Å². The Kier molecular flexibility index (Phi) is 4.18. The van der Waals surface area contributed by atoms with Crippen LogP contribution in [0.3, 0.4) is 0 Å². The fraction of sp³-hybridized carbons (Fsp3) is 0.0769. The van der Waals surface area contributed by atoms with Gasteiger partial charge in [-0.2, -0.15) is 0 Å². The third-order valence-electron chi connectivity index (χ3n) is 2.56. The second-order valence-electron chi connectivity index (χ2n) is 4.07. The number of rotatable bonds is 3. The van der Waals surface area contributed by atoms with Crippen LogP contribution in [0.2, 0.25) is 5.02 Å². The Labute approximate surface area is 125 Å². The van der Waals surface area contributed by atoms with Gasteiger partial charge in [0.1, 0.15) is 0 Å². The third kappa shape index (κ3) is 3.49. The van der Waals surface area contributed by atoms with Gasteiger partial charge in [0, 0.05) is 9.50 Å². The highest BCUT2D eigenvalue weighted by molar-refractivity contribution is 9.10. The van der Waals surface area contributed by atoms with Crippen LogP contribution in [0.1, 0.15) is 5.56 Å². The van der Waals surface area contributed by atoms with Crippen LogP contribution in [0.5, 0.6) is 0 Å². The van der Waals surface area contributed by atoms with E-state index < -0.39 is 9.84 Å². The molecule has 2 aromatic rings. The van der Waals surface area contributed by atoms with Gasteiger partial charge < -0.3 is 5.73 Å². The molecule has 2 aromatic carbocycles. The lowest BCUT2D eigenvalue weighted by atomic mass is 10.2. The van der Waals surface area contributed by atoms with Gasteiger partial charge in [0.05, 0.1) is 16.3 Å². The highest BCUT2D eigenvalue weighted by Gasteiger charge is 2.19. The predicted octanol–water partition coefficient (Wildman–Crippen LogP) is 3.66. The molecule has 0 saturated carbocycles. The molecule has 0 unspecified atom stereocenters. The fourth-order valence-corrected chi connectivity index (χ4v) is 3.89. The molecule has 100 valence electrons. The highest BCUT2D eigenvalue weighted by atomic mass is 79.9. The summed E-state index contributed by atoms with van der Waals surface area (Å²) in [6.45, 7) is 0. The maximum Gasteiger partial charge on any atom is 0.184 e. The molecule has 0 atom stereocenters. The minimum Gasteiger partial charge on any atom is -0.398 e. The van der Waals surface area contributed by atoms with Gasteiger partial charge in [-0.25, -0.2) is 8.42 Å². The molecule has 6 heteroatoms. The number of hydrogen-bond acceptors (Lipinski definition) is 3. The summed E-state index contributed by atoms with van der Waals surface area (Å²) in [6, 6.07) is 11.6. The SMILES string of the molecule is Nc1ccc(Cl)cc1S(=O)(=O)Cc1cccc(Br)c1. The van der Waals surface area contributed by atoms with Gasteiger partial charge in [-0.1, -0.05) is 39.7 Å². The highest BCUT2D eigenvalue weighted by Crippen LogP contribution is 2.26. The maximum absolute atomic E-state index is 12.3. The first-order valence-corrected chi connectivity index (χ1v) is 8.23. The van der Waals surface area contributed by atoms with Gasteiger partial charge in [0.15, 0.2) is 9.84 Å². The average molecular weight is 361 g/mol. The lowest BCUT2D eigenvalue weighted by Crippen LogP contribution is -2.08. The molecule has 0 saturated heterocycles. The van der Waals surface area contributed by atoms with Gasteiger partial charge in [-0.3, -0.25) is 0 Å². The van der Waals surface area contributed by atoms with E-state index in [0.29, 0.717) is 10.6 Å². The van der Waals surface area contributed by atoms with E-state index in [9.17, 15) is 8.42 Å². The van der Waals surface area contributed by atoms with E-state index in [1.165, 1.54) is 12.1 Å². The smallest absolute Gasteiger partial charge is 0.184 e. The lowest BCUT2D eigenvalue weighted by molar-refractivity contribution is 0.595. The van der Waals surface area contributed by atoms with Gasteiger partial charge in [-0.15, -0.1) is 0 Å². The Morgan fingerprint density at radius 2 is 1.89 bits per heavy atom. The monoisotopic (exact) mass is 359 g/mol. The van der Waals surface area contributed by atoms with Crippen LogP contribution >= 0.6 is 27.5 Å². The lowest BCUT2D eigenvalue weighted by Gasteiger charge is -2.08. The van der Waals surface area contributed by atoms with Crippen molar-refractivity contribution in [2.45, 2.75) is 10.6 Å². The molecule has 0 aromatic heterocycles. The molecular formula is C13H11BrClNO2S. The topological polar surface area (TPSA) is 60.2 Å². The van der Waals surface area contributed by atoms with Crippen molar-refractivity contribution in [3.8, 4) is 0 Å². The average Bonchev–Trinajstić information content (AvgIpc) is 2.31. The number of anilines is 1. The van der Waals surface area contributed by atoms with E-state index in [4.69, 9.17) is 17.3 Å². The van der Waals surface area contributed by atoms with Gasteiger partial charge in [-0.05, 0) is 35.9 Å². The number of nitrogens with two attached hydrogens (primary N) is 1. The Balaban J connectivity index is 2.40. The predicted molar refractivity (Wildman–Crippen MR) is 80.9 cm³/mol. The van der Waals surface area contributed by atoms with Crippen LogP contribution in [-0.4, -0.2) is 8.42 Å². The molecule has 0 fully saturated rings. The van der Waals surface area contributed by atoms with E-state index in [2.05, 4.69) is 15.9 Å². The quantitative estimate of drug-likeness (QED) is 0.850. The second kappa shape index (κ2) is 5.53. The van der Waals surface area contributed by atoms with Crippen LogP contribution in [0.15, 0.2) is 51.8 Å². The van der Waals surface area contributed by atoms with E-state index in [0.717, 1.165) is 4.47 Å². The molecule has 0 heterocycles. The second-order valence-corrected chi connectivity index (χ2v) is 7.38. The van der Waals surface area contributed by atoms with E-state index in [1.54, 1.807) is 24.3 Å². The summed E-state index contributed by atoms with van der Waals surface area (Å²) in [5, 5.41) is 0.349. The molecular weight excluding hydrogens is 350 g/mol. The van der Waals surface area contributed by atoms with Crippen molar-refractivity contribution in [2.75, 3.05) is 5.73 Å². The zero-order chi connectivity index (χ0) is 14.0. The maximum atomic E-state index is 12.3. The minimum absolute atomic E-state index is 0.0694. The van der Waals surface area contributed by atoms with Crippen LogP contribution < -0.4 is 5.73 Å². The molecule has 0 aliphatic heterocycles.